The van der Waals surface area contributed by atoms with Gasteiger partial charge in [-0.1, -0.05) is 18.2 Å². The first-order chi connectivity index (χ1) is 13.6. The maximum atomic E-state index is 12.7. The van der Waals surface area contributed by atoms with Gasteiger partial charge in [0.05, 0.1) is 12.8 Å². The van der Waals surface area contributed by atoms with Crippen LogP contribution in [0.15, 0.2) is 57.9 Å². The summed E-state index contributed by atoms with van der Waals surface area (Å²) in [5.41, 5.74) is 0.480. The molecule has 0 saturated heterocycles. The second-order valence-electron chi connectivity index (χ2n) is 5.72. The predicted octanol–water partition coefficient (Wildman–Crippen LogP) is 1.36. The molecule has 0 aliphatic carbocycles. The number of nitrogens with zero attached hydrogens (tertiary/aromatic N) is 2. The highest BCUT2D eigenvalue weighted by Crippen LogP contribution is 2.04. The first-order valence-electron chi connectivity index (χ1n) is 8.60. The molecule has 0 unspecified atom stereocenters. The highest BCUT2D eigenvalue weighted by molar-refractivity contribution is 7.07. The number of nitriles is 1. The fraction of sp³-hybridized carbons (Fsp3) is 0.150. The van der Waals surface area contributed by atoms with E-state index in [0.717, 1.165) is 17.0 Å². The Bertz CT molecular complexity index is 1170. The van der Waals surface area contributed by atoms with Crippen molar-refractivity contribution in [2.24, 2.45) is 0 Å². The molecule has 3 rings (SSSR count). The van der Waals surface area contributed by atoms with E-state index in [1.165, 1.54) is 10.8 Å². The van der Waals surface area contributed by atoms with Crippen molar-refractivity contribution in [2.45, 2.75) is 20.0 Å². The molecular weight excluding hydrogens is 376 g/mol. The number of aromatic nitrogens is 1. The second kappa shape index (κ2) is 8.88. The average Bonchev–Trinajstić information content (AvgIpc) is 3.34. The zero-order valence-electron chi connectivity index (χ0n) is 15.1. The molecule has 2 N–H and O–H groups in total. The monoisotopic (exact) mass is 394 g/mol. The molecule has 0 radical (unpaired) electrons. The van der Waals surface area contributed by atoms with Crippen LogP contribution in [0, 0.1) is 11.3 Å². The Kier molecular flexibility index (Phi) is 6.09. The minimum atomic E-state index is -0.551. The molecule has 0 aliphatic heterocycles. The third-order valence-electron chi connectivity index (χ3n) is 3.92. The molecular formula is C20H18N4O3S. The maximum absolute atomic E-state index is 12.7. The van der Waals surface area contributed by atoms with Gasteiger partial charge in [-0.05, 0) is 31.2 Å². The molecule has 2 aromatic heterocycles. The Balaban J connectivity index is 1.97. The number of hydrogen-bond acceptors (Lipinski definition) is 6. The highest BCUT2D eigenvalue weighted by atomic mass is 32.1. The second-order valence-corrected chi connectivity index (χ2v) is 6.76. The van der Waals surface area contributed by atoms with Gasteiger partial charge in [-0.3, -0.25) is 14.2 Å². The highest BCUT2D eigenvalue weighted by Gasteiger charge is 2.15. The van der Waals surface area contributed by atoms with E-state index >= 15 is 0 Å². The quantitative estimate of drug-likeness (QED) is 0.658. The minimum Gasteiger partial charge on any atom is -0.467 e. The summed E-state index contributed by atoms with van der Waals surface area (Å²) in [5, 5.41) is 15.2. The van der Waals surface area contributed by atoms with Gasteiger partial charge in [0.1, 0.15) is 21.0 Å². The first-order valence-corrected chi connectivity index (χ1v) is 9.42. The Morgan fingerprint density at radius 3 is 2.71 bits per heavy atom. The summed E-state index contributed by atoms with van der Waals surface area (Å²) in [6, 6.07) is 14.8. The van der Waals surface area contributed by atoms with Gasteiger partial charge >= 0.3 is 0 Å². The number of furan rings is 1. The van der Waals surface area contributed by atoms with E-state index in [1.54, 1.807) is 25.3 Å². The standard InChI is InChI=1S/C20H18N4O3S/c1-2-24-19(26)17(13-22-14-7-4-3-5-8-14)28-20(24)16(11-21)18(25)23-12-15-9-6-10-27-15/h3-10,13,22H,2,12H2,1H3,(H,23,25)/b17-13+,20-16-. The zero-order chi connectivity index (χ0) is 19.9. The average molecular weight is 394 g/mol. The molecule has 142 valence electrons. The Hall–Kier alpha value is -3.57. The maximum Gasteiger partial charge on any atom is 0.270 e. The third kappa shape index (κ3) is 4.22. The van der Waals surface area contributed by atoms with E-state index in [4.69, 9.17) is 4.42 Å². The summed E-state index contributed by atoms with van der Waals surface area (Å²) in [4.78, 5) is 25.2. The van der Waals surface area contributed by atoms with Crippen molar-refractivity contribution in [3.63, 3.8) is 0 Å². The van der Waals surface area contributed by atoms with Crippen LogP contribution in [0.4, 0.5) is 5.69 Å². The van der Waals surface area contributed by atoms with E-state index in [-0.39, 0.29) is 17.7 Å². The summed E-state index contributed by atoms with van der Waals surface area (Å²) in [5.74, 6) is 0.0238. The van der Waals surface area contributed by atoms with Crippen LogP contribution >= 0.6 is 11.3 Å². The molecule has 0 aliphatic rings. The lowest BCUT2D eigenvalue weighted by molar-refractivity contribution is -0.115. The largest absolute Gasteiger partial charge is 0.467 e. The number of amides is 1. The topological polar surface area (TPSA) is 100 Å². The van der Waals surface area contributed by atoms with Gasteiger partial charge in [0.25, 0.3) is 11.5 Å². The molecule has 0 bridgehead atoms. The summed E-state index contributed by atoms with van der Waals surface area (Å²) in [7, 11) is 0. The molecule has 2 heterocycles. The third-order valence-corrected chi connectivity index (χ3v) is 5.05. The number of nitrogens with one attached hydrogen (secondary N) is 2. The van der Waals surface area contributed by atoms with Gasteiger partial charge in [-0.2, -0.15) is 5.26 Å². The molecule has 1 amide bonds. The first kappa shape index (κ1) is 19.2. The van der Waals surface area contributed by atoms with Crippen LogP contribution in [0.5, 0.6) is 0 Å². The van der Waals surface area contributed by atoms with E-state index in [2.05, 4.69) is 10.6 Å². The zero-order valence-corrected chi connectivity index (χ0v) is 16.0. The molecule has 1 aromatic carbocycles. The van der Waals surface area contributed by atoms with Crippen LogP contribution < -0.4 is 25.4 Å². The van der Waals surface area contributed by atoms with E-state index in [1.807, 2.05) is 36.4 Å². The molecule has 0 spiro atoms. The smallest absolute Gasteiger partial charge is 0.270 e. The van der Waals surface area contributed by atoms with Gasteiger partial charge < -0.3 is 15.1 Å². The van der Waals surface area contributed by atoms with Crippen LogP contribution in [0.1, 0.15) is 12.7 Å². The lowest BCUT2D eigenvalue weighted by Crippen LogP contribution is -2.34. The van der Waals surface area contributed by atoms with Crippen LogP contribution in [-0.2, 0) is 17.9 Å². The van der Waals surface area contributed by atoms with Gasteiger partial charge in [-0.15, -0.1) is 11.3 Å². The van der Waals surface area contributed by atoms with E-state index in [0.29, 0.717) is 21.5 Å². The van der Waals surface area contributed by atoms with Crippen LogP contribution in [0.2, 0.25) is 0 Å². The fourth-order valence-electron chi connectivity index (χ4n) is 2.54. The molecule has 8 heteroatoms. The van der Waals surface area contributed by atoms with E-state index in [9.17, 15) is 14.9 Å². The van der Waals surface area contributed by atoms with Crippen molar-refractivity contribution in [3.8, 4) is 6.07 Å². The van der Waals surface area contributed by atoms with Crippen molar-refractivity contribution in [2.75, 3.05) is 5.32 Å². The molecule has 28 heavy (non-hydrogen) atoms. The Morgan fingerprint density at radius 2 is 2.07 bits per heavy atom. The van der Waals surface area contributed by atoms with Crippen molar-refractivity contribution in [3.05, 3.63) is 74.0 Å². The van der Waals surface area contributed by atoms with Crippen LogP contribution in [0.25, 0.3) is 11.8 Å². The van der Waals surface area contributed by atoms with Gasteiger partial charge in [-0.25, -0.2) is 0 Å². The number of benzene rings is 1. The number of carbonyl (C=O) groups excluding carboxylic acids is 1. The van der Waals surface area contributed by atoms with Crippen molar-refractivity contribution in [1.29, 1.82) is 5.26 Å². The number of thiazole rings is 1. The lowest BCUT2D eigenvalue weighted by Gasteiger charge is -2.02. The summed E-state index contributed by atoms with van der Waals surface area (Å²) >= 11 is 1.10. The predicted molar refractivity (Wildman–Crippen MR) is 108 cm³/mol. The molecule has 0 fully saturated rings. The lowest BCUT2D eigenvalue weighted by atomic mass is 10.3. The van der Waals surface area contributed by atoms with Crippen molar-refractivity contribution < 1.29 is 9.21 Å². The van der Waals surface area contributed by atoms with Crippen LogP contribution in [0.3, 0.4) is 0 Å². The normalized spacial score (nSPS) is 12.4. The SMILES string of the molecule is CCn1c(=O)/c(=C\Nc2ccccc2)s/c1=C(/C#N)C(=O)NCc1ccco1. The van der Waals surface area contributed by atoms with Gasteiger partial charge in [0, 0.05) is 18.4 Å². The number of rotatable bonds is 6. The minimum absolute atomic E-state index is 0.102. The molecule has 3 aromatic rings. The van der Waals surface area contributed by atoms with Gasteiger partial charge in [0.15, 0.2) is 5.57 Å². The Labute approximate surface area is 164 Å². The molecule has 7 nitrogen and oxygen atoms in total. The fourth-order valence-corrected chi connectivity index (χ4v) is 3.63. The summed E-state index contributed by atoms with van der Waals surface area (Å²) in [6.45, 7) is 2.30. The molecule has 0 saturated carbocycles. The van der Waals surface area contributed by atoms with Crippen LogP contribution in [-0.4, -0.2) is 10.5 Å². The van der Waals surface area contributed by atoms with Crippen molar-refractivity contribution in [1.82, 2.24) is 9.88 Å². The molecule has 0 atom stereocenters. The number of para-hydroxylation sites is 1. The van der Waals surface area contributed by atoms with Gasteiger partial charge in [0.2, 0.25) is 0 Å². The number of carbonyl (C=O) groups is 1. The summed E-state index contributed by atoms with van der Waals surface area (Å²) < 4.78 is 7.33. The van der Waals surface area contributed by atoms with E-state index < -0.39 is 5.91 Å². The summed E-state index contributed by atoms with van der Waals surface area (Å²) in [6.07, 6.45) is 3.10. The number of anilines is 1. The Morgan fingerprint density at radius 1 is 1.29 bits per heavy atom. The number of hydrogen-bond donors (Lipinski definition) is 2. The van der Waals surface area contributed by atoms with Crippen molar-refractivity contribution >= 4 is 34.7 Å².